The molecule has 0 spiro atoms. The molecule has 154 valence electrons. The molecule has 0 atom stereocenters. The van der Waals surface area contributed by atoms with Crippen molar-refractivity contribution < 1.29 is 14.7 Å². The number of carbonyl (C=O) groups excluding carboxylic acids is 2. The van der Waals surface area contributed by atoms with Gasteiger partial charge in [0, 0.05) is 29.1 Å². The highest BCUT2D eigenvalue weighted by atomic mass is 35.5. The summed E-state index contributed by atoms with van der Waals surface area (Å²) in [5.74, 6) is 0.0758. The number of nitrogens with zero attached hydrogens (tertiary/aromatic N) is 2. The Bertz CT molecular complexity index is 1130. The fraction of sp³-hybridized carbons (Fsp3) is 0.261. The number of hydrogen-bond acceptors (Lipinski definition) is 4. The van der Waals surface area contributed by atoms with Crippen LogP contribution in [-0.2, 0) is 0 Å². The SMILES string of the molecule is O=C(NN=Cc1cccc2c1ccn2C(=O)CC1CCCC1)c1ccc(O)c(Cl)c1. The first-order chi connectivity index (χ1) is 14.5. The molecule has 2 N–H and O–H groups in total. The predicted octanol–water partition coefficient (Wildman–Crippen LogP) is 4.98. The van der Waals surface area contributed by atoms with Gasteiger partial charge in [-0.1, -0.05) is 36.6 Å². The van der Waals surface area contributed by atoms with Crippen LogP contribution in [0.2, 0.25) is 5.02 Å². The Morgan fingerprint density at radius 1 is 1.20 bits per heavy atom. The van der Waals surface area contributed by atoms with E-state index in [1.54, 1.807) is 17.0 Å². The molecule has 1 aliphatic rings. The molecule has 6 nitrogen and oxygen atoms in total. The predicted molar refractivity (Wildman–Crippen MR) is 117 cm³/mol. The largest absolute Gasteiger partial charge is 0.506 e. The van der Waals surface area contributed by atoms with E-state index < -0.39 is 5.91 Å². The summed E-state index contributed by atoms with van der Waals surface area (Å²) in [6, 6.07) is 11.7. The van der Waals surface area contributed by atoms with Gasteiger partial charge in [0.1, 0.15) is 5.75 Å². The average molecular weight is 424 g/mol. The number of amides is 1. The van der Waals surface area contributed by atoms with Crippen molar-refractivity contribution in [2.24, 2.45) is 11.0 Å². The number of fused-ring (bicyclic) bond motifs is 1. The number of hydrogen-bond donors (Lipinski definition) is 2. The molecule has 0 aliphatic heterocycles. The third kappa shape index (κ3) is 4.24. The molecule has 4 rings (SSSR count). The van der Waals surface area contributed by atoms with E-state index in [0.29, 0.717) is 12.3 Å². The van der Waals surface area contributed by atoms with Gasteiger partial charge in [-0.15, -0.1) is 0 Å². The van der Waals surface area contributed by atoms with Gasteiger partial charge in [0.25, 0.3) is 5.91 Å². The third-order valence-corrected chi connectivity index (χ3v) is 5.86. The van der Waals surface area contributed by atoms with E-state index >= 15 is 0 Å². The Balaban J connectivity index is 1.49. The third-order valence-electron chi connectivity index (χ3n) is 5.55. The van der Waals surface area contributed by atoms with E-state index in [1.165, 1.54) is 31.0 Å². The lowest BCUT2D eigenvalue weighted by atomic mass is 10.0. The maximum Gasteiger partial charge on any atom is 0.271 e. The summed E-state index contributed by atoms with van der Waals surface area (Å²) >= 11 is 5.84. The first-order valence-corrected chi connectivity index (χ1v) is 10.4. The summed E-state index contributed by atoms with van der Waals surface area (Å²) in [4.78, 5) is 24.9. The van der Waals surface area contributed by atoms with E-state index in [0.717, 1.165) is 29.3 Å². The minimum Gasteiger partial charge on any atom is -0.506 e. The Kier molecular flexibility index (Phi) is 5.86. The monoisotopic (exact) mass is 423 g/mol. The van der Waals surface area contributed by atoms with Gasteiger partial charge in [-0.2, -0.15) is 5.10 Å². The first-order valence-electron chi connectivity index (χ1n) is 9.98. The van der Waals surface area contributed by atoms with Crippen LogP contribution in [0.3, 0.4) is 0 Å². The van der Waals surface area contributed by atoms with Gasteiger partial charge in [0.05, 0.1) is 16.8 Å². The molecule has 3 aromatic rings. The van der Waals surface area contributed by atoms with Crippen LogP contribution in [0.5, 0.6) is 5.75 Å². The maximum atomic E-state index is 12.7. The van der Waals surface area contributed by atoms with Crippen molar-refractivity contribution in [3.63, 3.8) is 0 Å². The maximum absolute atomic E-state index is 12.7. The van der Waals surface area contributed by atoms with Gasteiger partial charge in [-0.25, -0.2) is 5.43 Å². The van der Waals surface area contributed by atoms with Crippen LogP contribution in [0, 0.1) is 5.92 Å². The Labute approximate surface area is 179 Å². The average Bonchev–Trinajstić information content (AvgIpc) is 3.40. The lowest BCUT2D eigenvalue weighted by Crippen LogP contribution is -2.17. The number of aromatic nitrogens is 1. The zero-order valence-corrected chi connectivity index (χ0v) is 17.1. The van der Waals surface area contributed by atoms with Gasteiger partial charge in [-0.05, 0) is 49.1 Å². The second-order valence-corrected chi connectivity index (χ2v) is 7.99. The second-order valence-electron chi connectivity index (χ2n) is 7.58. The molecule has 0 unspecified atom stereocenters. The number of halogens is 1. The number of phenolic OH excluding ortho intramolecular Hbond substituents is 1. The highest BCUT2D eigenvalue weighted by Crippen LogP contribution is 2.29. The standard InChI is InChI=1S/C23H22ClN3O3/c24-19-13-16(8-9-21(19)28)23(30)26-25-14-17-6-3-7-20-18(17)10-11-27(20)22(29)12-15-4-1-2-5-15/h3,6-11,13-15,28H,1-2,4-5,12H2,(H,26,30). The molecule has 1 saturated carbocycles. The minimum absolute atomic E-state index is 0.0876. The molecule has 1 fully saturated rings. The highest BCUT2D eigenvalue weighted by molar-refractivity contribution is 6.32. The zero-order chi connectivity index (χ0) is 21.1. The van der Waals surface area contributed by atoms with Crippen LogP contribution in [0.1, 0.15) is 52.8 Å². The van der Waals surface area contributed by atoms with E-state index in [4.69, 9.17) is 11.6 Å². The van der Waals surface area contributed by atoms with Crippen LogP contribution in [0.4, 0.5) is 0 Å². The van der Waals surface area contributed by atoms with E-state index in [9.17, 15) is 14.7 Å². The molecule has 30 heavy (non-hydrogen) atoms. The highest BCUT2D eigenvalue weighted by Gasteiger charge is 2.20. The van der Waals surface area contributed by atoms with Crippen molar-refractivity contribution in [2.45, 2.75) is 32.1 Å². The topological polar surface area (TPSA) is 83.7 Å². The molecule has 7 heteroatoms. The normalized spacial score (nSPS) is 14.6. The number of rotatable bonds is 5. The fourth-order valence-electron chi connectivity index (χ4n) is 3.95. The summed E-state index contributed by atoms with van der Waals surface area (Å²) in [5.41, 5.74) is 4.37. The summed E-state index contributed by atoms with van der Waals surface area (Å²) < 4.78 is 1.71. The Morgan fingerprint density at radius 3 is 2.77 bits per heavy atom. The van der Waals surface area contributed by atoms with Crippen molar-refractivity contribution in [3.05, 3.63) is 64.8 Å². The van der Waals surface area contributed by atoms with Crippen molar-refractivity contribution in [1.29, 1.82) is 0 Å². The smallest absolute Gasteiger partial charge is 0.271 e. The van der Waals surface area contributed by atoms with Gasteiger partial charge >= 0.3 is 0 Å². The van der Waals surface area contributed by atoms with Gasteiger partial charge in [0.2, 0.25) is 5.91 Å². The molecule has 1 heterocycles. The van der Waals surface area contributed by atoms with Gasteiger partial charge < -0.3 is 5.11 Å². The number of carbonyl (C=O) groups is 2. The molecule has 1 amide bonds. The van der Waals surface area contributed by atoms with Crippen LogP contribution >= 0.6 is 11.6 Å². The zero-order valence-electron chi connectivity index (χ0n) is 16.3. The van der Waals surface area contributed by atoms with Crippen LogP contribution in [0.15, 0.2) is 53.8 Å². The summed E-state index contributed by atoms with van der Waals surface area (Å²) in [7, 11) is 0. The lowest BCUT2D eigenvalue weighted by Gasteiger charge is -2.09. The molecule has 1 aliphatic carbocycles. The number of nitrogens with one attached hydrogen (secondary N) is 1. The van der Waals surface area contributed by atoms with Gasteiger partial charge in [-0.3, -0.25) is 14.2 Å². The van der Waals surface area contributed by atoms with Crippen molar-refractivity contribution >= 4 is 40.5 Å². The fourth-order valence-corrected chi connectivity index (χ4v) is 4.13. The van der Waals surface area contributed by atoms with E-state index in [2.05, 4.69) is 10.5 Å². The lowest BCUT2D eigenvalue weighted by molar-refractivity contribution is 0.0885. The Morgan fingerprint density at radius 2 is 2.00 bits per heavy atom. The van der Waals surface area contributed by atoms with E-state index in [-0.39, 0.29) is 22.2 Å². The molecule has 1 aromatic heterocycles. The summed E-state index contributed by atoms with van der Waals surface area (Å²) in [6.07, 6.45) is 8.63. The van der Waals surface area contributed by atoms with E-state index in [1.807, 2.05) is 24.3 Å². The Hall–Kier alpha value is -3.12. The second kappa shape index (κ2) is 8.71. The molecule has 2 aromatic carbocycles. The summed E-state index contributed by atoms with van der Waals surface area (Å²) in [6.45, 7) is 0. The number of aromatic hydroxyl groups is 1. The molecule has 0 saturated heterocycles. The molecular formula is C23H22ClN3O3. The quantitative estimate of drug-likeness (QED) is 0.448. The minimum atomic E-state index is -0.440. The van der Waals surface area contributed by atoms with Crippen LogP contribution < -0.4 is 5.43 Å². The van der Waals surface area contributed by atoms with Gasteiger partial charge in [0.15, 0.2) is 0 Å². The van der Waals surface area contributed by atoms with Crippen molar-refractivity contribution in [3.8, 4) is 5.75 Å². The molecule has 0 radical (unpaired) electrons. The van der Waals surface area contributed by atoms with Crippen LogP contribution in [-0.4, -0.2) is 27.7 Å². The number of benzene rings is 2. The summed E-state index contributed by atoms with van der Waals surface area (Å²) in [5, 5.41) is 14.5. The van der Waals surface area contributed by atoms with Crippen molar-refractivity contribution in [2.75, 3.05) is 0 Å². The molecule has 0 bridgehead atoms. The van der Waals surface area contributed by atoms with Crippen molar-refractivity contribution in [1.82, 2.24) is 9.99 Å². The first kappa shape index (κ1) is 20.2. The number of hydrazone groups is 1. The van der Waals surface area contributed by atoms with Crippen LogP contribution in [0.25, 0.3) is 10.9 Å². The molecular weight excluding hydrogens is 402 g/mol. The number of phenols is 1.